The molecule has 0 bridgehead atoms. The largest absolute Gasteiger partial charge is 0.319 e. The third-order valence-corrected chi connectivity index (χ3v) is 6.22. The Balaban J connectivity index is 1.87. The minimum Gasteiger partial charge on any atom is -0.319 e. The van der Waals surface area contributed by atoms with E-state index in [1.807, 2.05) is 13.0 Å². The molecule has 8 heteroatoms. The van der Waals surface area contributed by atoms with Crippen molar-refractivity contribution < 1.29 is 9.18 Å². The summed E-state index contributed by atoms with van der Waals surface area (Å²) in [7, 11) is 0. The van der Waals surface area contributed by atoms with E-state index in [0.717, 1.165) is 5.56 Å². The van der Waals surface area contributed by atoms with Crippen LogP contribution in [0.4, 0.5) is 10.1 Å². The van der Waals surface area contributed by atoms with E-state index in [2.05, 4.69) is 9.97 Å². The van der Waals surface area contributed by atoms with E-state index in [1.54, 1.807) is 36.7 Å². The Morgan fingerprint density at radius 1 is 1.23 bits per heavy atom. The van der Waals surface area contributed by atoms with Crippen molar-refractivity contribution in [3.63, 3.8) is 0 Å². The topological polar surface area (TPSA) is 66.1 Å². The molecule has 0 radical (unpaired) electrons. The van der Waals surface area contributed by atoms with Crippen LogP contribution in [-0.2, 0) is 6.54 Å². The SMILES string of the molecule is Cc1ccc(N(Cc2cc(=O)[nH]c3c(F)cccc23)C(=O)c2scnc2C)cc1Cl. The summed E-state index contributed by atoms with van der Waals surface area (Å²) in [4.78, 5) is 34.3. The summed E-state index contributed by atoms with van der Waals surface area (Å²) in [6.45, 7) is 3.71. The molecule has 152 valence electrons. The van der Waals surface area contributed by atoms with Crippen molar-refractivity contribution in [2.45, 2.75) is 20.4 Å². The molecule has 2 heterocycles. The van der Waals surface area contributed by atoms with E-state index in [-0.39, 0.29) is 18.0 Å². The number of para-hydroxylation sites is 1. The van der Waals surface area contributed by atoms with E-state index >= 15 is 0 Å². The first-order valence-electron chi connectivity index (χ1n) is 9.13. The van der Waals surface area contributed by atoms with E-state index < -0.39 is 11.4 Å². The number of hydrogen-bond donors (Lipinski definition) is 1. The van der Waals surface area contributed by atoms with E-state index in [9.17, 15) is 14.0 Å². The molecule has 0 aliphatic carbocycles. The lowest BCUT2D eigenvalue weighted by atomic mass is 10.1. The van der Waals surface area contributed by atoms with Crippen LogP contribution in [-0.4, -0.2) is 15.9 Å². The number of hydrogen-bond acceptors (Lipinski definition) is 4. The second-order valence-electron chi connectivity index (χ2n) is 6.91. The van der Waals surface area contributed by atoms with Gasteiger partial charge in [0, 0.05) is 22.2 Å². The average molecular weight is 442 g/mol. The van der Waals surface area contributed by atoms with Gasteiger partial charge in [0.2, 0.25) is 5.56 Å². The first-order valence-corrected chi connectivity index (χ1v) is 10.4. The fourth-order valence-corrected chi connectivity index (χ4v) is 4.20. The Morgan fingerprint density at radius 3 is 2.73 bits per heavy atom. The zero-order valence-corrected chi connectivity index (χ0v) is 17.8. The monoisotopic (exact) mass is 441 g/mol. The predicted molar refractivity (Wildman–Crippen MR) is 118 cm³/mol. The lowest BCUT2D eigenvalue weighted by molar-refractivity contribution is 0.0988. The summed E-state index contributed by atoms with van der Waals surface area (Å²) in [5.74, 6) is -0.791. The van der Waals surface area contributed by atoms with Gasteiger partial charge in [-0.05, 0) is 43.2 Å². The number of anilines is 1. The highest BCUT2D eigenvalue weighted by Gasteiger charge is 2.23. The highest BCUT2D eigenvalue weighted by molar-refractivity contribution is 7.12. The van der Waals surface area contributed by atoms with Gasteiger partial charge in [0.05, 0.1) is 23.3 Å². The second kappa shape index (κ2) is 8.01. The number of pyridine rings is 1. The van der Waals surface area contributed by atoms with Crippen molar-refractivity contribution in [1.82, 2.24) is 9.97 Å². The van der Waals surface area contributed by atoms with Crippen LogP contribution in [0.5, 0.6) is 0 Å². The second-order valence-corrected chi connectivity index (χ2v) is 8.17. The third-order valence-electron chi connectivity index (χ3n) is 4.89. The molecule has 0 saturated heterocycles. The predicted octanol–water partition coefficient (Wildman–Crippen LogP) is 5.24. The Labute approximate surface area is 180 Å². The van der Waals surface area contributed by atoms with Crippen molar-refractivity contribution in [2.75, 3.05) is 4.90 Å². The molecular weight excluding hydrogens is 425 g/mol. The minimum atomic E-state index is -0.527. The van der Waals surface area contributed by atoms with Crippen molar-refractivity contribution in [2.24, 2.45) is 0 Å². The quantitative estimate of drug-likeness (QED) is 0.471. The van der Waals surface area contributed by atoms with Crippen molar-refractivity contribution in [3.05, 3.63) is 90.9 Å². The maximum Gasteiger partial charge on any atom is 0.270 e. The molecule has 0 aliphatic heterocycles. The molecule has 2 aromatic heterocycles. The molecule has 0 saturated carbocycles. The Morgan fingerprint density at radius 2 is 2.03 bits per heavy atom. The first-order chi connectivity index (χ1) is 14.3. The smallest absolute Gasteiger partial charge is 0.270 e. The molecular formula is C22H17ClFN3O2S. The number of carbonyl (C=O) groups excluding carboxylic acids is 1. The molecule has 0 unspecified atom stereocenters. The molecule has 4 rings (SSSR count). The van der Waals surface area contributed by atoms with Gasteiger partial charge in [-0.15, -0.1) is 11.3 Å². The van der Waals surface area contributed by atoms with Gasteiger partial charge < -0.3 is 9.88 Å². The van der Waals surface area contributed by atoms with Gasteiger partial charge in [-0.2, -0.15) is 0 Å². The van der Waals surface area contributed by atoms with Gasteiger partial charge in [0.25, 0.3) is 5.91 Å². The number of carbonyl (C=O) groups is 1. The molecule has 0 atom stereocenters. The van der Waals surface area contributed by atoms with Crippen LogP contribution in [0.1, 0.15) is 26.5 Å². The number of benzene rings is 2. The van der Waals surface area contributed by atoms with Crippen LogP contribution in [0.25, 0.3) is 10.9 Å². The molecule has 30 heavy (non-hydrogen) atoms. The lowest BCUT2D eigenvalue weighted by Gasteiger charge is -2.24. The number of nitrogens with one attached hydrogen (secondary N) is 1. The number of aryl methyl sites for hydroxylation is 2. The Hall–Kier alpha value is -3.03. The molecule has 2 aromatic carbocycles. The fourth-order valence-electron chi connectivity index (χ4n) is 3.27. The number of nitrogens with zero attached hydrogens (tertiary/aromatic N) is 2. The number of H-pyrrole nitrogens is 1. The molecule has 4 aromatic rings. The number of amides is 1. The van der Waals surface area contributed by atoms with Crippen molar-refractivity contribution in [3.8, 4) is 0 Å². The number of aromatic amines is 1. The number of fused-ring (bicyclic) bond motifs is 1. The molecule has 0 aliphatic rings. The summed E-state index contributed by atoms with van der Waals surface area (Å²) in [5.41, 5.74) is 3.89. The summed E-state index contributed by atoms with van der Waals surface area (Å²) in [6.07, 6.45) is 0. The fraction of sp³-hybridized carbons (Fsp3) is 0.136. The first kappa shape index (κ1) is 20.3. The normalized spacial score (nSPS) is 11.1. The molecule has 1 amide bonds. The molecule has 5 nitrogen and oxygen atoms in total. The van der Waals surface area contributed by atoms with Gasteiger partial charge in [-0.3, -0.25) is 9.59 Å². The Bertz CT molecular complexity index is 1330. The standard InChI is InChI=1S/C22H17ClFN3O2S/c1-12-6-7-15(9-17(12)23)27(22(29)21-13(2)25-11-30-21)10-14-8-19(28)26-20-16(14)4-3-5-18(20)24/h3-9,11H,10H2,1-2H3,(H,26,28). The summed E-state index contributed by atoms with van der Waals surface area (Å²) in [6, 6.07) is 11.3. The average Bonchev–Trinajstić information content (AvgIpc) is 3.14. The third kappa shape index (κ3) is 3.74. The van der Waals surface area contributed by atoms with Crippen LogP contribution >= 0.6 is 22.9 Å². The zero-order chi connectivity index (χ0) is 21.4. The number of rotatable bonds is 4. The highest BCUT2D eigenvalue weighted by Crippen LogP contribution is 2.29. The maximum absolute atomic E-state index is 14.3. The summed E-state index contributed by atoms with van der Waals surface area (Å²) >= 11 is 7.56. The van der Waals surface area contributed by atoms with Crippen LogP contribution in [0.2, 0.25) is 5.02 Å². The van der Waals surface area contributed by atoms with E-state index in [4.69, 9.17) is 11.6 Å². The van der Waals surface area contributed by atoms with Gasteiger partial charge in [0.15, 0.2) is 0 Å². The summed E-state index contributed by atoms with van der Waals surface area (Å²) in [5, 5.41) is 1.06. The van der Waals surface area contributed by atoms with Crippen LogP contribution in [0.3, 0.4) is 0 Å². The van der Waals surface area contributed by atoms with Crippen LogP contribution in [0.15, 0.2) is 52.8 Å². The summed E-state index contributed by atoms with van der Waals surface area (Å²) < 4.78 is 14.3. The number of aromatic nitrogens is 2. The minimum absolute atomic E-state index is 0.0689. The molecule has 0 spiro atoms. The highest BCUT2D eigenvalue weighted by atomic mass is 35.5. The van der Waals surface area contributed by atoms with Crippen molar-refractivity contribution in [1.29, 1.82) is 0 Å². The van der Waals surface area contributed by atoms with Gasteiger partial charge in [0.1, 0.15) is 10.7 Å². The lowest BCUT2D eigenvalue weighted by Crippen LogP contribution is -2.31. The van der Waals surface area contributed by atoms with Gasteiger partial charge in [-0.25, -0.2) is 9.37 Å². The van der Waals surface area contributed by atoms with Gasteiger partial charge >= 0.3 is 0 Å². The van der Waals surface area contributed by atoms with E-state index in [0.29, 0.717) is 32.2 Å². The number of thiazole rings is 1. The Kier molecular flexibility index (Phi) is 5.40. The van der Waals surface area contributed by atoms with Crippen LogP contribution in [0, 0.1) is 19.7 Å². The van der Waals surface area contributed by atoms with Crippen molar-refractivity contribution >= 4 is 45.4 Å². The molecule has 0 fully saturated rings. The van der Waals surface area contributed by atoms with Gasteiger partial charge in [-0.1, -0.05) is 29.8 Å². The zero-order valence-electron chi connectivity index (χ0n) is 16.2. The van der Waals surface area contributed by atoms with Crippen LogP contribution < -0.4 is 10.5 Å². The van der Waals surface area contributed by atoms with E-state index in [1.165, 1.54) is 28.4 Å². The number of halogens is 2. The maximum atomic E-state index is 14.3. The molecule has 1 N–H and O–H groups in total.